The van der Waals surface area contributed by atoms with E-state index >= 15 is 0 Å². The first-order valence-corrected chi connectivity index (χ1v) is 16.2. The number of nitrogens with one attached hydrogen (secondary N) is 2. The van der Waals surface area contributed by atoms with Crippen molar-refractivity contribution in [1.82, 2.24) is 10.6 Å². The Balaban J connectivity index is 1.09. The number of hydroxylamine groups is 3. The average Bonchev–Trinajstić information content (AvgIpc) is 3.37. The van der Waals surface area contributed by atoms with Crippen LogP contribution in [-0.4, -0.2) is 60.1 Å². The quantitative estimate of drug-likeness (QED) is 0.126. The Kier molecular flexibility index (Phi) is 9.21. The van der Waals surface area contributed by atoms with Gasteiger partial charge in [-0.1, -0.05) is 97.1 Å². The van der Waals surface area contributed by atoms with Crippen LogP contribution in [0.3, 0.4) is 0 Å². The number of fused-ring (bicyclic) bond motifs is 3. The second kappa shape index (κ2) is 13.3. The number of piperidine rings is 1. The zero-order valence-corrected chi connectivity index (χ0v) is 26.1. The summed E-state index contributed by atoms with van der Waals surface area (Å²) in [4.78, 5) is 27.0. The molecule has 1 fully saturated rings. The lowest BCUT2D eigenvalue weighted by molar-refractivity contribution is -1.10. The van der Waals surface area contributed by atoms with Crippen LogP contribution in [0.4, 0.5) is 13.2 Å². The Bertz CT molecular complexity index is 1690. The van der Waals surface area contributed by atoms with Gasteiger partial charge in [0.1, 0.15) is 31.6 Å². The van der Waals surface area contributed by atoms with Crippen molar-refractivity contribution in [3.63, 3.8) is 0 Å². The van der Waals surface area contributed by atoms with Crippen LogP contribution in [-0.2, 0) is 10.2 Å². The summed E-state index contributed by atoms with van der Waals surface area (Å²) in [7, 11) is 0. The number of hydrogen-bond donors (Lipinski definition) is 3. The molecule has 1 aliphatic heterocycles. The zero-order chi connectivity index (χ0) is 33.1. The third-order valence-corrected chi connectivity index (χ3v) is 9.66. The normalized spacial score (nSPS) is 19.8. The van der Waals surface area contributed by atoms with E-state index in [1.165, 1.54) is 0 Å². The number of halogens is 3. The van der Waals surface area contributed by atoms with Gasteiger partial charge >= 0.3 is 6.18 Å². The molecule has 6 nitrogen and oxygen atoms in total. The highest BCUT2D eigenvalue weighted by molar-refractivity contribution is 6.01. The second-order valence-corrected chi connectivity index (χ2v) is 12.7. The van der Waals surface area contributed by atoms with E-state index in [0.717, 1.165) is 22.3 Å². The van der Waals surface area contributed by atoms with Gasteiger partial charge < -0.3 is 10.6 Å². The van der Waals surface area contributed by atoms with Crippen molar-refractivity contribution in [2.45, 2.75) is 49.7 Å². The molecule has 4 aromatic rings. The number of hydrogen-bond acceptors (Lipinski definition) is 3. The number of nitrogens with zero attached hydrogens (tertiary/aromatic N) is 1. The Labute approximate surface area is 272 Å². The highest BCUT2D eigenvalue weighted by atomic mass is 19.4. The minimum absolute atomic E-state index is 0.0724. The van der Waals surface area contributed by atoms with Gasteiger partial charge in [-0.2, -0.15) is 17.8 Å². The lowest BCUT2D eigenvalue weighted by Crippen LogP contribution is -2.55. The SMILES string of the molecule is O=C(NC1CC[N+](O)(CCCCC2(C(=O)NCC(F)(F)F)c3ccccc3-c3ccccc32)CC1)c1ccccc1-c1ccccc1. The minimum atomic E-state index is -4.53. The van der Waals surface area contributed by atoms with Gasteiger partial charge in [0, 0.05) is 24.4 Å². The molecule has 0 bridgehead atoms. The number of unbranched alkanes of at least 4 members (excludes halogenated alkanes) is 1. The number of carbonyl (C=O) groups excluding carboxylic acids is 2. The van der Waals surface area contributed by atoms with Gasteiger partial charge in [0.2, 0.25) is 5.91 Å². The van der Waals surface area contributed by atoms with Crippen LogP contribution in [0.2, 0.25) is 0 Å². The molecule has 1 aliphatic carbocycles. The zero-order valence-electron chi connectivity index (χ0n) is 26.1. The molecule has 0 unspecified atom stereocenters. The van der Waals surface area contributed by atoms with Crippen molar-refractivity contribution in [3.05, 3.63) is 120 Å². The molecule has 244 valence electrons. The topological polar surface area (TPSA) is 78.4 Å². The van der Waals surface area contributed by atoms with Gasteiger partial charge in [0.25, 0.3) is 5.91 Å². The van der Waals surface area contributed by atoms with Gasteiger partial charge in [-0.05, 0) is 58.7 Å². The number of quaternary nitrogens is 1. The van der Waals surface area contributed by atoms with Gasteiger partial charge in [0.05, 0.1) is 0 Å². The van der Waals surface area contributed by atoms with Crippen LogP contribution in [0, 0.1) is 0 Å². The van der Waals surface area contributed by atoms with Crippen LogP contribution in [0.1, 0.15) is 53.6 Å². The summed E-state index contributed by atoms with van der Waals surface area (Å²) >= 11 is 0. The van der Waals surface area contributed by atoms with Crippen molar-refractivity contribution >= 4 is 11.8 Å². The number of alkyl halides is 3. The molecule has 0 spiro atoms. The fourth-order valence-electron chi connectivity index (χ4n) is 7.31. The average molecular weight is 643 g/mol. The number of likely N-dealkylation sites (tertiary alicyclic amines) is 1. The van der Waals surface area contributed by atoms with Crippen LogP contribution in [0.5, 0.6) is 0 Å². The maximum Gasteiger partial charge on any atom is 0.405 e. The third kappa shape index (κ3) is 6.82. The highest BCUT2D eigenvalue weighted by Gasteiger charge is 2.49. The highest BCUT2D eigenvalue weighted by Crippen LogP contribution is 2.51. The van der Waals surface area contributed by atoms with Crippen LogP contribution < -0.4 is 10.6 Å². The fourth-order valence-corrected chi connectivity index (χ4v) is 7.31. The lowest BCUT2D eigenvalue weighted by atomic mass is 9.73. The van der Waals surface area contributed by atoms with E-state index in [9.17, 15) is 28.0 Å². The molecule has 47 heavy (non-hydrogen) atoms. The molecule has 0 saturated carbocycles. The molecule has 1 heterocycles. The monoisotopic (exact) mass is 642 g/mol. The van der Waals surface area contributed by atoms with Crippen LogP contribution in [0.15, 0.2) is 103 Å². The molecular formula is C38H39F3N3O3+. The van der Waals surface area contributed by atoms with Crippen LogP contribution >= 0.6 is 0 Å². The first kappa shape index (κ1) is 32.5. The largest absolute Gasteiger partial charge is 0.405 e. The molecule has 2 aliphatic rings. The molecule has 0 atom stereocenters. The van der Waals surface area contributed by atoms with E-state index in [2.05, 4.69) is 10.6 Å². The molecule has 0 aromatic heterocycles. The van der Waals surface area contributed by atoms with Gasteiger partial charge in [-0.25, -0.2) is 5.21 Å². The Morgan fingerprint density at radius 1 is 0.766 bits per heavy atom. The van der Waals surface area contributed by atoms with Crippen molar-refractivity contribution in [1.29, 1.82) is 0 Å². The molecule has 0 radical (unpaired) electrons. The number of benzene rings is 4. The van der Waals surface area contributed by atoms with Gasteiger partial charge in [0.15, 0.2) is 0 Å². The van der Waals surface area contributed by atoms with Crippen molar-refractivity contribution in [2.24, 2.45) is 0 Å². The summed E-state index contributed by atoms with van der Waals surface area (Å²) in [5.41, 5.74) is 4.31. The van der Waals surface area contributed by atoms with E-state index < -0.39 is 24.0 Å². The van der Waals surface area contributed by atoms with Crippen LogP contribution in [0.25, 0.3) is 22.3 Å². The third-order valence-electron chi connectivity index (χ3n) is 9.66. The summed E-state index contributed by atoms with van der Waals surface area (Å²) in [5, 5.41) is 16.7. The number of amides is 2. The van der Waals surface area contributed by atoms with Crippen molar-refractivity contribution in [3.8, 4) is 22.3 Å². The van der Waals surface area contributed by atoms with E-state index in [0.29, 0.717) is 68.4 Å². The lowest BCUT2D eigenvalue weighted by Gasteiger charge is -2.37. The predicted molar refractivity (Wildman–Crippen MR) is 175 cm³/mol. The van der Waals surface area contributed by atoms with E-state index in [1.807, 2.05) is 103 Å². The Morgan fingerprint density at radius 3 is 1.94 bits per heavy atom. The van der Waals surface area contributed by atoms with Gasteiger partial charge in [-0.15, -0.1) is 0 Å². The van der Waals surface area contributed by atoms with E-state index in [1.54, 1.807) is 0 Å². The number of rotatable bonds is 10. The summed E-state index contributed by atoms with van der Waals surface area (Å²) in [5.74, 6) is -0.802. The summed E-state index contributed by atoms with van der Waals surface area (Å²) < 4.78 is 39.4. The summed E-state index contributed by atoms with van der Waals surface area (Å²) in [6.07, 6.45) is -1.89. The first-order valence-electron chi connectivity index (χ1n) is 16.2. The fraction of sp³-hybridized carbons (Fsp3) is 0.316. The van der Waals surface area contributed by atoms with Crippen molar-refractivity contribution < 1.29 is 32.6 Å². The van der Waals surface area contributed by atoms with E-state index in [-0.39, 0.29) is 16.6 Å². The summed E-state index contributed by atoms with van der Waals surface area (Å²) in [6.45, 7) is -0.0204. The van der Waals surface area contributed by atoms with Gasteiger partial charge in [-0.3, -0.25) is 9.59 Å². The first-order chi connectivity index (χ1) is 22.6. The molecule has 3 N–H and O–H groups in total. The predicted octanol–water partition coefficient (Wildman–Crippen LogP) is 7.27. The maximum absolute atomic E-state index is 13.7. The molecule has 2 amide bonds. The smallest absolute Gasteiger partial charge is 0.349 e. The van der Waals surface area contributed by atoms with E-state index in [4.69, 9.17) is 0 Å². The standard InChI is InChI=1S/C38H38F3N3O3/c39-38(40,41)26-42-36(46)37(33-18-8-6-15-30(33)31-16-7-9-19-34(31)37)22-10-11-23-44(47)24-20-28(21-25-44)43-35(45)32-17-5-4-14-29(32)27-12-2-1-3-13-27/h1-9,12-19,28,47H,10-11,20-26H2,(H-,42,43,45,46)/p+1. The molecule has 9 heteroatoms. The molecule has 4 aromatic carbocycles. The summed E-state index contributed by atoms with van der Waals surface area (Å²) in [6, 6.07) is 32.1. The minimum Gasteiger partial charge on any atom is -0.349 e. The maximum atomic E-state index is 13.7. The molecule has 6 rings (SSSR count). The Hall–Kier alpha value is -4.47. The Morgan fingerprint density at radius 2 is 1.32 bits per heavy atom. The number of carbonyl (C=O) groups is 2. The van der Waals surface area contributed by atoms with Crippen molar-refractivity contribution in [2.75, 3.05) is 26.2 Å². The molecular weight excluding hydrogens is 603 g/mol. The second-order valence-electron chi connectivity index (χ2n) is 12.7. The molecule has 1 saturated heterocycles.